The first kappa shape index (κ1) is 13.1. The first-order valence-corrected chi connectivity index (χ1v) is 7.03. The van der Waals surface area contributed by atoms with Crippen molar-refractivity contribution in [2.75, 3.05) is 19.0 Å². The van der Waals surface area contributed by atoms with Gasteiger partial charge in [-0.05, 0) is 44.9 Å². The van der Waals surface area contributed by atoms with Crippen molar-refractivity contribution in [2.24, 2.45) is 0 Å². The lowest BCUT2D eigenvalue weighted by Crippen LogP contribution is -2.40. The van der Waals surface area contributed by atoms with Crippen LogP contribution in [0, 0.1) is 0 Å². The Bertz CT molecular complexity index is 640. The molecule has 1 aliphatic carbocycles. The number of anilines is 1. The van der Waals surface area contributed by atoms with Crippen LogP contribution in [0.3, 0.4) is 0 Å². The fourth-order valence-electron chi connectivity index (χ4n) is 2.92. The highest BCUT2D eigenvalue weighted by Gasteiger charge is 2.24. The molecule has 2 aromatic heterocycles. The lowest BCUT2D eigenvalue weighted by molar-refractivity contribution is 0.350. The molecule has 7 heteroatoms. The smallest absolute Gasteiger partial charge is 0.355 e. The van der Waals surface area contributed by atoms with Gasteiger partial charge in [-0.3, -0.25) is 0 Å². The van der Waals surface area contributed by atoms with Crippen LogP contribution in [0.4, 0.5) is 5.82 Å². The topological polar surface area (TPSA) is 78.3 Å². The number of hydrogen-bond acceptors (Lipinski definition) is 5. The van der Waals surface area contributed by atoms with E-state index in [1.165, 1.54) is 17.4 Å². The largest absolute Gasteiger partial charge is 0.364 e. The normalized spacial score (nSPS) is 23.1. The van der Waals surface area contributed by atoms with Crippen molar-refractivity contribution >= 4 is 11.5 Å². The summed E-state index contributed by atoms with van der Waals surface area (Å²) >= 11 is 0. The molecule has 2 heterocycles. The van der Waals surface area contributed by atoms with Gasteiger partial charge < -0.3 is 10.2 Å². The number of hydrogen-bond donors (Lipinski definition) is 2. The van der Waals surface area contributed by atoms with Crippen LogP contribution in [0.25, 0.3) is 5.65 Å². The monoisotopic (exact) mass is 276 g/mol. The summed E-state index contributed by atoms with van der Waals surface area (Å²) in [5.41, 5.74) is 0.250. The third-order valence-corrected chi connectivity index (χ3v) is 4.27. The molecule has 20 heavy (non-hydrogen) atoms. The first-order valence-electron chi connectivity index (χ1n) is 7.03. The molecule has 0 spiro atoms. The van der Waals surface area contributed by atoms with Crippen LogP contribution in [0.2, 0.25) is 0 Å². The van der Waals surface area contributed by atoms with E-state index in [2.05, 4.69) is 25.5 Å². The summed E-state index contributed by atoms with van der Waals surface area (Å²) in [6.45, 7) is 0. The number of aromatic amines is 1. The van der Waals surface area contributed by atoms with E-state index in [1.807, 2.05) is 26.2 Å². The predicted octanol–water partition coefficient (Wildman–Crippen LogP) is 0.384. The molecule has 0 bridgehead atoms. The molecule has 0 radical (unpaired) electrons. The van der Waals surface area contributed by atoms with Gasteiger partial charge in [-0.25, -0.2) is 9.89 Å². The van der Waals surface area contributed by atoms with Gasteiger partial charge in [-0.15, -0.1) is 5.10 Å². The fourth-order valence-corrected chi connectivity index (χ4v) is 2.92. The van der Waals surface area contributed by atoms with Crippen LogP contribution >= 0.6 is 0 Å². The van der Waals surface area contributed by atoms with Crippen LogP contribution in [0.1, 0.15) is 25.7 Å². The molecule has 7 nitrogen and oxygen atoms in total. The number of nitrogens with one attached hydrogen (secondary N) is 2. The average molecular weight is 276 g/mol. The maximum atomic E-state index is 11.6. The second kappa shape index (κ2) is 5.24. The van der Waals surface area contributed by atoms with Gasteiger partial charge in [0.15, 0.2) is 5.65 Å². The lowest BCUT2D eigenvalue weighted by Gasteiger charge is -2.35. The molecule has 3 rings (SSSR count). The molecule has 0 unspecified atom stereocenters. The van der Waals surface area contributed by atoms with Gasteiger partial charge in [0.25, 0.3) is 0 Å². The standard InChI is InChI=1S/C13H20N6O/c1-14-9-3-5-10(6-4-9)18(2)12-8-7-11-15-16-13(20)19(11)17-12/h7-10,14H,3-6H2,1-2H3,(H,16,20). The average Bonchev–Trinajstić information content (AvgIpc) is 2.87. The van der Waals surface area contributed by atoms with Gasteiger partial charge in [-0.1, -0.05) is 0 Å². The van der Waals surface area contributed by atoms with Crippen molar-refractivity contribution in [3.63, 3.8) is 0 Å². The van der Waals surface area contributed by atoms with E-state index >= 15 is 0 Å². The van der Waals surface area contributed by atoms with Crippen LogP contribution in [0.5, 0.6) is 0 Å². The second-order valence-corrected chi connectivity index (χ2v) is 5.40. The third kappa shape index (κ3) is 2.29. The van der Waals surface area contributed by atoms with Crippen molar-refractivity contribution in [1.29, 1.82) is 0 Å². The number of H-pyrrole nitrogens is 1. The Morgan fingerprint density at radius 3 is 2.80 bits per heavy atom. The summed E-state index contributed by atoms with van der Waals surface area (Å²) in [4.78, 5) is 13.7. The van der Waals surface area contributed by atoms with Gasteiger partial charge >= 0.3 is 5.69 Å². The second-order valence-electron chi connectivity index (χ2n) is 5.40. The molecule has 1 aliphatic rings. The van der Waals surface area contributed by atoms with E-state index in [-0.39, 0.29) is 5.69 Å². The highest BCUT2D eigenvalue weighted by molar-refractivity contribution is 5.45. The molecule has 0 aromatic carbocycles. The summed E-state index contributed by atoms with van der Waals surface area (Å²) in [7, 11) is 4.07. The molecular formula is C13H20N6O. The molecule has 0 aliphatic heterocycles. The Kier molecular flexibility index (Phi) is 3.43. The van der Waals surface area contributed by atoms with Crippen LogP contribution < -0.4 is 15.9 Å². The van der Waals surface area contributed by atoms with E-state index < -0.39 is 0 Å². The minimum absolute atomic E-state index is 0.297. The van der Waals surface area contributed by atoms with Crippen molar-refractivity contribution in [1.82, 2.24) is 25.1 Å². The zero-order valence-electron chi connectivity index (χ0n) is 11.8. The third-order valence-electron chi connectivity index (χ3n) is 4.27. The Hall–Kier alpha value is -1.89. The van der Waals surface area contributed by atoms with Gasteiger partial charge in [0.05, 0.1) is 0 Å². The van der Waals surface area contributed by atoms with E-state index in [0.717, 1.165) is 18.7 Å². The summed E-state index contributed by atoms with van der Waals surface area (Å²) in [5, 5.41) is 14.0. The molecule has 2 aromatic rings. The van der Waals surface area contributed by atoms with Crippen LogP contribution in [0.15, 0.2) is 16.9 Å². The Morgan fingerprint density at radius 1 is 1.35 bits per heavy atom. The molecule has 0 atom stereocenters. The van der Waals surface area contributed by atoms with Gasteiger partial charge in [-0.2, -0.15) is 9.61 Å². The Balaban J connectivity index is 1.80. The van der Waals surface area contributed by atoms with E-state index in [1.54, 1.807) is 0 Å². The number of rotatable bonds is 3. The van der Waals surface area contributed by atoms with Crippen molar-refractivity contribution < 1.29 is 0 Å². The lowest BCUT2D eigenvalue weighted by atomic mass is 9.90. The molecule has 0 amide bonds. The molecule has 1 fully saturated rings. The van der Waals surface area contributed by atoms with Crippen molar-refractivity contribution in [3.8, 4) is 0 Å². The Morgan fingerprint density at radius 2 is 2.10 bits per heavy atom. The van der Waals surface area contributed by atoms with Gasteiger partial charge in [0.1, 0.15) is 5.82 Å². The van der Waals surface area contributed by atoms with E-state index in [0.29, 0.717) is 17.7 Å². The quantitative estimate of drug-likeness (QED) is 0.847. The zero-order valence-corrected chi connectivity index (χ0v) is 11.8. The van der Waals surface area contributed by atoms with Crippen LogP contribution in [-0.4, -0.2) is 46.0 Å². The SMILES string of the molecule is CNC1CCC(N(C)c2ccc3n[nH]c(=O)n3n2)CC1. The minimum atomic E-state index is -0.297. The number of nitrogens with zero attached hydrogens (tertiary/aromatic N) is 4. The van der Waals surface area contributed by atoms with E-state index in [9.17, 15) is 4.79 Å². The Labute approximate surface area is 117 Å². The predicted molar refractivity (Wildman–Crippen MR) is 77.1 cm³/mol. The molecule has 1 saturated carbocycles. The molecular weight excluding hydrogens is 256 g/mol. The number of fused-ring (bicyclic) bond motifs is 1. The van der Waals surface area contributed by atoms with E-state index in [4.69, 9.17) is 0 Å². The number of aromatic nitrogens is 4. The summed E-state index contributed by atoms with van der Waals surface area (Å²) in [6, 6.07) is 4.84. The van der Waals surface area contributed by atoms with Crippen molar-refractivity contribution in [3.05, 3.63) is 22.6 Å². The zero-order chi connectivity index (χ0) is 14.1. The van der Waals surface area contributed by atoms with Gasteiger partial charge in [0, 0.05) is 19.1 Å². The van der Waals surface area contributed by atoms with Crippen LogP contribution in [-0.2, 0) is 0 Å². The minimum Gasteiger partial charge on any atom is -0.355 e. The fraction of sp³-hybridized carbons (Fsp3) is 0.615. The molecule has 2 N–H and O–H groups in total. The summed E-state index contributed by atoms with van der Waals surface area (Å²) in [5.74, 6) is 0.814. The summed E-state index contributed by atoms with van der Waals surface area (Å²) in [6.07, 6.45) is 4.64. The highest BCUT2D eigenvalue weighted by atomic mass is 16.2. The van der Waals surface area contributed by atoms with Gasteiger partial charge in [0.2, 0.25) is 0 Å². The highest BCUT2D eigenvalue weighted by Crippen LogP contribution is 2.25. The first-order chi connectivity index (χ1) is 9.69. The van der Waals surface area contributed by atoms with Crippen molar-refractivity contribution in [2.45, 2.75) is 37.8 Å². The molecule has 0 saturated heterocycles. The molecule has 108 valence electrons. The summed E-state index contributed by atoms with van der Waals surface area (Å²) < 4.78 is 1.31. The maximum absolute atomic E-state index is 11.6. The maximum Gasteiger partial charge on any atom is 0.364 e.